The van der Waals surface area contributed by atoms with Crippen LogP contribution in [0, 0.1) is 13.8 Å². The summed E-state index contributed by atoms with van der Waals surface area (Å²) in [5.41, 5.74) is 11.3. The minimum atomic E-state index is -0.253. The number of likely N-dealkylation sites (tertiary alicyclic amines) is 1. The van der Waals surface area contributed by atoms with Gasteiger partial charge in [-0.2, -0.15) is 5.10 Å². The zero-order chi connectivity index (χ0) is 28.4. The largest absolute Gasteiger partial charge is 0.340 e. The van der Waals surface area contributed by atoms with Gasteiger partial charge in [-0.15, -0.1) is 0 Å². The normalized spacial score (nSPS) is 15.4. The Kier molecular flexibility index (Phi) is 7.84. The third-order valence-corrected chi connectivity index (χ3v) is 7.55. The van der Waals surface area contributed by atoms with Gasteiger partial charge in [-0.25, -0.2) is 4.68 Å². The van der Waals surface area contributed by atoms with Gasteiger partial charge in [-0.3, -0.25) is 14.4 Å². The summed E-state index contributed by atoms with van der Waals surface area (Å²) >= 11 is 0. The molecule has 1 saturated heterocycles. The van der Waals surface area contributed by atoms with Crippen molar-refractivity contribution < 1.29 is 14.4 Å². The fourth-order valence-corrected chi connectivity index (χ4v) is 5.39. The summed E-state index contributed by atoms with van der Waals surface area (Å²) in [7, 11) is 0. The summed E-state index contributed by atoms with van der Waals surface area (Å²) in [5.74, 6) is -0.161. The van der Waals surface area contributed by atoms with Gasteiger partial charge in [0.15, 0.2) is 5.78 Å². The van der Waals surface area contributed by atoms with Crippen molar-refractivity contribution >= 4 is 34.2 Å². The summed E-state index contributed by atoms with van der Waals surface area (Å²) < 4.78 is 3.59. The van der Waals surface area contributed by atoms with E-state index < -0.39 is 0 Å². The molecule has 3 heterocycles. The zero-order valence-corrected chi connectivity index (χ0v) is 23.3. The van der Waals surface area contributed by atoms with E-state index in [1.807, 2.05) is 72.7 Å². The molecule has 0 aliphatic carbocycles. The molecule has 2 aromatic carbocycles. The molecule has 2 amide bonds. The van der Waals surface area contributed by atoms with Gasteiger partial charge < -0.3 is 20.5 Å². The molecular formula is C31H36N6O3. The van der Waals surface area contributed by atoms with Crippen molar-refractivity contribution in [1.82, 2.24) is 19.2 Å². The molecule has 1 atom stereocenters. The van der Waals surface area contributed by atoms with E-state index >= 15 is 0 Å². The molecule has 2 aromatic heterocycles. The second kappa shape index (κ2) is 11.5. The minimum absolute atomic E-state index is 0.00337. The van der Waals surface area contributed by atoms with Crippen molar-refractivity contribution in [3.05, 3.63) is 77.2 Å². The Morgan fingerprint density at radius 2 is 1.85 bits per heavy atom. The quantitative estimate of drug-likeness (QED) is 0.316. The van der Waals surface area contributed by atoms with Gasteiger partial charge in [-0.1, -0.05) is 18.6 Å². The van der Waals surface area contributed by atoms with Gasteiger partial charge in [0, 0.05) is 48.3 Å². The standard InChI is InChI=1S/C31H36N6O3/c1-4-6-29(38)26-16-33-37(21(26)3)24-11-9-23(10-12-24)34-31(40)27-18-36(28-13-8-20(2)15-25(27)28)19-30(39)35-14-5-7-22(32)17-35/h8-13,15-16,18,22H,4-7,14,17,19,32H2,1-3H3,(H,34,40). The van der Waals surface area contributed by atoms with Crippen molar-refractivity contribution in [3.63, 3.8) is 0 Å². The average Bonchev–Trinajstić information content (AvgIpc) is 3.49. The first kappa shape index (κ1) is 27.3. The van der Waals surface area contributed by atoms with Crippen LogP contribution in [-0.4, -0.2) is 56.0 Å². The molecule has 0 saturated carbocycles. The maximum Gasteiger partial charge on any atom is 0.257 e. The Labute approximate surface area is 233 Å². The van der Waals surface area contributed by atoms with E-state index in [1.54, 1.807) is 17.1 Å². The van der Waals surface area contributed by atoms with Gasteiger partial charge in [0.05, 0.1) is 28.7 Å². The van der Waals surface area contributed by atoms with Crippen molar-refractivity contribution in [3.8, 4) is 5.69 Å². The van der Waals surface area contributed by atoms with Crippen molar-refractivity contribution in [1.29, 1.82) is 0 Å². The highest BCUT2D eigenvalue weighted by Crippen LogP contribution is 2.25. The number of aryl methyl sites for hydroxylation is 1. The predicted molar refractivity (Wildman–Crippen MR) is 156 cm³/mol. The maximum atomic E-state index is 13.4. The Balaban J connectivity index is 1.35. The summed E-state index contributed by atoms with van der Waals surface area (Å²) in [5, 5.41) is 8.19. The molecule has 0 spiro atoms. The number of aromatic nitrogens is 3. The summed E-state index contributed by atoms with van der Waals surface area (Å²) in [6.07, 6.45) is 6.50. The number of amides is 2. The van der Waals surface area contributed by atoms with Gasteiger partial charge >= 0.3 is 0 Å². The number of carbonyl (C=O) groups excluding carboxylic acids is 3. The highest BCUT2D eigenvalue weighted by Gasteiger charge is 2.23. The van der Waals surface area contributed by atoms with Gasteiger partial charge in [0.1, 0.15) is 6.54 Å². The van der Waals surface area contributed by atoms with Crippen molar-refractivity contribution in [2.24, 2.45) is 5.73 Å². The first-order valence-corrected chi connectivity index (χ1v) is 13.9. The van der Waals surface area contributed by atoms with Gasteiger partial charge in [0.2, 0.25) is 5.91 Å². The highest BCUT2D eigenvalue weighted by molar-refractivity contribution is 6.13. The number of ketones is 1. The van der Waals surface area contributed by atoms with Gasteiger partial charge in [-0.05, 0) is 69.5 Å². The first-order chi connectivity index (χ1) is 19.2. The van der Waals surface area contributed by atoms with Crippen LogP contribution in [0.25, 0.3) is 16.6 Å². The van der Waals surface area contributed by atoms with Crippen LogP contribution in [0.3, 0.4) is 0 Å². The fraction of sp³-hybridized carbons (Fsp3) is 0.355. The molecule has 1 aliphatic rings. The lowest BCUT2D eigenvalue weighted by Crippen LogP contribution is -2.46. The second-order valence-corrected chi connectivity index (χ2v) is 10.7. The number of benzene rings is 2. The van der Waals surface area contributed by atoms with Crippen molar-refractivity contribution in [2.75, 3.05) is 18.4 Å². The summed E-state index contributed by atoms with van der Waals surface area (Å²) in [6, 6.07) is 13.3. The van der Waals surface area contributed by atoms with Crippen LogP contribution in [0.2, 0.25) is 0 Å². The number of hydrogen-bond acceptors (Lipinski definition) is 5. The van der Waals surface area contributed by atoms with Crippen LogP contribution in [-0.2, 0) is 11.3 Å². The number of hydrogen-bond donors (Lipinski definition) is 2. The zero-order valence-electron chi connectivity index (χ0n) is 23.3. The Hall–Kier alpha value is -4.24. The molecule has 1 aliphatic heterocycles. The SMILES string of the molecule is CCCC(=O)c1cnn(-c2ccc(NC(=O)c3cn(CC(=O)N4CCCC(N)C4)c4ccc(C)cc34)cc2)c1C. The Bertz CT molecular complexity index is 1570. The molecule has 40 heavy (non-hydrogen) atoms. The van der Waals surface area contributed by atoms with Crippen LogP contribution in [0.1, 0.15) is 64.6 Å². The monoisotopic (exact) mass is 540 g/mol. The Morgan fingerprint density at radius 3 is 2.58 bits per heavy atom. The molecule has 3 N–H and O–H groups in total. The summed E-state index contributed by atoms with van der Waals surface area (Å²) in [4.78, 5) is 40.7. The fourth-order valence-electron chi connectivity index (χ4n) is 5.39. The van der Waals surface area contributed by atoms with Crippen LogP contribution >= 0.6 is 0 Å². The molecule has 9 heteroatoms. The molecule has 9 nitrogen and oxygen atoms in total. The number of nitrogens with one attached hydrogen (secondary N) is 1. The molecule has 4 aromatic rings. The topological polar surface area (TPSA) is 115 Å². The first-order valence-electron chi connectivity index (χ1n) is 13.9. The van der Waals surface area contributed by atoms with E-state index in [1.165, 1.54) is 0 Å². The predicted octanol–water partition coefficient (Wildman–Crippen LogP) is 4.63. The van der Waals surface area contributed by atoms with E-state index in [2.05, 4.69) is 10.4 Å². The average molecular weight is 541 g/mol. The van der Waals surface area contributed by atoms with Gasteiger partial charge in [0.25, 0.3) is 5.91 Å². The highest BCUT2D eigenvalue weighted by atomic mass is 16.2. The molecule has 1 fully saturated rings. The number of fused-ring (bicyclic) bond motifs is 1. The van der Waals surface area contributed by atoms with Crippen LogP contribution in [0.4, 0.5) is 5.69 Å². The smallest absolute Gasteiger partial charge is 0.257 e. The molecular weight excluding hydrogens is 504 g/mol. The van der Waals surface area contributed by atoms with E-state index in [4.69, 9.17) is 5.73 Å². The number of rotatable bonds is 8. The lowest BCUT2D eigenvalue weighted by molar-refractivity contribution is -0.132. The number of Topliss-reactive ketones (excluding diaryl/α,β-unsaturated/α-hetero) is 1. The second-order valence-electron chi connectivity index (χ2n) is 10.7. The number of nitrogens with two attached hydrogens (primary N) is 1. The number of anilines is 1. The van der Waals surface area contributed by atoms with E-state index in [0.29, 0.717) is 36.3 Å². The third-order valence-electron chi connectivity index (χ3n) is 7.55. The number of nitrogens with zero attached hydrogens (tertiary/aromatic N) is 4. The van der Waals surface area contributed by atoms with E-state index in [-0.39, 0.29) is 30.2 Å². The maximum absolute atomic E-state index is 13.4. The summed E-state index contributed by atoms with van der Waals surface area (Å²) in [6.45, 7) is 7.27. The van der Waals surface area contributed by atoms with Crippen LogP contribution in [0.15, 0.2) is 54.9 Å². The third kappa shape index (κ3) is 5.56. The molecule has 5 rings (SSSR count). The molecule has 208 valence electrons. The molecule has 0 bridgehead atoms. The molecule has 1 unspecified atom stereocenters. The molecule has 0 radical (unpaired) electrons. The van der Waals surface area contributed by atoms with Crippen LogP contribution < -0.4 is 11.1 Å². The van der Waals surface area contributed by atoms with E-state index in [9.17, 15) is 14.4 Å². The number of piperidine rings is 1. The lowest BCUT2D eigenvalue weighted by atomic mass is 10.1. The lowest BCUT2D eigenvalue weighted by Gasteiger charge is -2.31. The number of carbonyl (C=O) groups is 3. The van der Waals surface area contributed by atoms with Crippen LogP contribution in [0.5, 0.6) is 0 Å². The van der Waals surface area contributed by atoms with Crippen molar-refractivity contribution in [2.45, 2.75) is 59.0 Å². The van der Waals surface area contributed by atoms with E-state index in [0.717, 1.165) is 47.1 Å². The minimum Gasteiger partial charge on any atom is -0.340 e. The Morgan fingerprint density at radius 1 is 1.07 bits per heavy atom.